The molecule has 0 aliphatic heterocycles. The Morgan fingerprint density at radius 3 is 2.07 bits per heavy atom. The lowest BCUT2D eigenvalue weighted by Gasteiger charge is -2.39. The summed E-state index contributed by atoms with van der Waals surface area (Å²) in [6, 6.07) is 16.3. The number of hydrogen-bond donors (Lipinski definition) is 0. The van der Waals surface area contributed by atoms with E-state index in [0.717, 1.165) is 14.6 Å². The molecule has 1 heterocycles. The predicted octanol–water partition coefficient (Wildman–Crippen LogP) is 5.51. The summed E-state index contributed by atoms with van der Waals surface area (Å²) in [5, 5.41) is 1.63. The second kappa shape index (κ2) is 8.01. The van der Waals surface area contributed by atoms with E-state index in [1.54, 1.807) is 23.5 Å². The Morgan fingerprint density at radius 2 is 1.50 bits per heavy atom. The summed E-state index contributed by atoms with van der Waals surface area (Å²) in [5.41, 5.74) is -5.31. The molecule has 0 bridgehead atoms. The number of rotatable bonds is 6. The molecule has 0 unspecified atom stereocenters. The van der Waals surface area contributed by atoms with E-state index in [9.17, 15) is 21.6 Å². The van der Waals surface area contributed by atoms with Crippen LogP contribution < -0.4 is 13.9 Å². The van der Waals surface area contributed by atoms with E-state index >= 15 is 0 Å². The maximum atomic E-state index is 13.0. The third kappa shape index (κ3) is 3.78. The van der Waals surface area contributed by atoms with Crippen molar-refractivity contribution in [1.29, 1.82) is 0 Å². The molecule has 0 fully saturated rings. The van der Waals surface area contributed by atoms with Crippen molar-refractivity contribution in [2.24, 2.45) is 0 Å². The van der Waals surface area contributed by atoms with Gasteiger partial charge in [0.2, 0.25) is 0 Å². The lowest BCUT2D eigenvalue weighted by atomic mass is 10.3. The lowest BCUT2D eigenvalue weighted by molar-refractivity contribution is -0.0499. The molecule has 30 heavy (non-hydrogen) atoms. The van der Waals surface area contributed by atoms with E-state index in [-0.39, 0.29) is 16.8 Å². The first-order valence-corrected chi connectivity index (χ1v) is 13.9. The first-order chi connectivity index (χ1) is 13.9. The van der Waals surface area contributed by atoms with Gasteiger partial charge < -0.3 is 4.18 Å². The van der Waals surface area contributed by atoms with Crippen molar-refractivity contribution in [3.05, 3.63) is 54.6 Å². The van der Waals surface area contributed by atoms with Crippen molar-refractivity contribution in [3.63, 3.8) is 0 Å². The molecular formula is C21H23F3O3S2Si. The third-order valence-corrected chi connectivity index (χ3v) is 14.6. The van der Waals surface area contributed by atoms with Gasteiger partial charge in [-0.15, -0.1) is 11.3 Å². The minimum atomic E-state index is -5.77. The average molecular weight is 473 g/mol. The van der Waals surface area contributed by atoms with Gasteiger partial charge in [-0.2, -0.15) is 21.6 Å². The second-order valence-electron chi connectivity index (χ2n) is 7.81. The molecule has 9 heteroatoms. The monoisotopic (exact) mass is 472 g/mol. The Bertz CT molecular complexity index is 1110. The predicted molar refractivity (Wildman–Crippen MR) is 119 cm³/mol. The molecule has 162 valence electrons. The van der Waals surface area contributed by atoms with Crippen LogP contribution in [0.25, 0.3) is 10.1 Å². The lowest BCUT2D eigenvalue weighted by Crippen LogP contribution is -2.62. The minimum Gasteiger partial charge on any atom is -0.376 e. The molecular weight excluding hydrogens is 449 g/mol. The molecule has 0 N–H and O–H groups in total. The number of thiophene rings is 1. The van der Waals surface area contributed by atoms with Crippen molar-refractivity contribution in [2.45, 2.75) is 44.3 Å². The Balaban J connectivity index is 2.29. The number of alkyl halides is 3. The molecule has 0 saturated heterocycles. The number of benzene rings is 2. The molecule has 0 spiro atoms. The van der Waals surface area contributed by atoms with Crippen molar-refractivity contribution in [3.8, 4) is 5.75 Å². The van der Waals surface area contributed by atoms with Crippen LogP contribution in [0.2, 0.25) is 11.1 Å². The Kier molecular flexibility index (Phi) is 6.10. The molecule has 0 aliphatic rings. The van der Waals surface area contributed by atoms with Gasteiger partial charge in [-0.1, -0.05) is 64.1 Å². The summed E-state index contributed by atoms with van der Waals surface area (Å²) >= 11 is 1.62. The summed E-state index contributed by atoms with van der Waals surface area (Å²) in [4.78, 5) is 0. The van der Waals surface area contributed by atoms with Crippen LogP contribution in [-0.4, -0.2) is 22.0 Å². The van der Waals surface area contributed by atoms with E-state index < -0.39 is 23.7 Å². The van der Waals surface area contributed by atoms with Crippen LogP contribution in [0.4, 0.5) is 13.2 Å². The highest BCUT2D eigenvalue weighted by Gasteiger charge is 2.51. The summed E-state index contributed by atoms with van der Waals surface area (Å²) in [6.45, 7) is 8.19. The summed E-state index contributed by atoms with van der Waals surface area (Å²) in [6.07, 6.45) is 0. The Morgan fingerprint density at radius 1 is 0.933 bits per heavy atom. The maximum absolute atomic E-state index is 13.0. The average Bonchev–Trinajstić information content (AvgIpc) is 3.06. The highest BCUT2D eigenvalue weighted by Crippen LogP contribution is 2.38. The summed E-state index contributed by atoms with van der Waals surface area (Å²) in [7, 11) is -8.49. The van der Waals surface area contributed by atoms with Crippen LogP contribution >= 0.6 is 11.3 Å². The van der Waals surface area contributed by atoms with Crippen molar-refractivity contribution < 1.29 is 25.8 Å². The molecule has 0 radical (unpaired) electrons. The number of hydrogen-bond acceptors (Lipinski definition) is 4. The van der Waals surface area contributed by atoms with Crippen LogP contribution in [0, 0.1) is 0 Å². The van der Waals surface area contributed by atoms with E-state index in [0.29, 0.717) is 5.19 Å². The molecule has 3 nitrogen and oxygen atoms in total. The SMILES string of the molecule is CC(C)[Si](c1cc2ccccc2s1)(c1ccccc1OS(=O)(=O)C(F)(F)F)C(C)C. The molecule has 0 saturated carbocycles. The Hall–Kier alpha value is -1.84. The molecule has 2 aromatic carbocycles. The molecule has 0 aliphatic carbocycles. The van der Waals surface area contributed by atoms with Gasteiger partial charge in [0.25, 0.3) is 0 Å². The number of fused-ring (bicyclic) bond motifs is 1. The van der Waals surface area contributed by atoms with E-state index in [1.165, 1.54) is 12.1 Å². The van der Waals surface area contributed by atoms with Gasteiger partial charge in [-0.25, -0.2) is 0 Å². The zero-order valence-electron chi connectivity index (χ0n) is 17.0. The second-order valence-corrected chi connectivity index (χ2v) is 15.9. The topological polar surface area (TPSA) is 43.4 Å². The van der Waals surface area contributed by atoms with Crippen LogP contribution in [0.3, 0.4) is 0 Å². The zero-order valence-corrected chi connectivity index (χ0v) is 19.7. The fourth-order valence-electron chi connectivity index (χ4n) is 4.22. The van der Waals surface area contributed by atoms with Crippen molar-refractivity contribution >= 4 is 49.3 Å². The molecule has 0 amide bonds. The molecule has 1 aromatic heterocycles. The highest BCUT2D eigenvalue weighted by molar-refractivity contribution is 7.88. The number of halogens is 3. The summed E-state index contributed by atoms with van der Waals surface area (Å²) in [5.74, 6) is -0.235. The quantitative estimate of drug-likeness (QED) is 0.270. The molecule has 3 rings (SSSR count). The first kappa shape index (κ1) is 22.8. The minimum absolute atomic E-state index is 0.0869. The van der Waals surface area contributed by atoms with Gasteiger partial charge in [0.05, 0.1) is 0 Å². The molecule has 0 atom stereocenters. The smallest absolute Gasteiger partial charge is 0.376 e. The number of para-hydroxylation sites is 1. The molecule has 3 aromatic rings. The van der Waals surface area contributed by atoms with Crippen molar-refractivity contribution in [2.75, 3.05) is 0 Å². The van der Waals surface area contributed by atoms with Crippen molar-refractivity contribution in [1.82, 2.24) is 0 Å². The fraction of sp³-hybridized carbons (Fsp3) is 0.333. The largest absolute Gasteiger partial charge is 0.534 e. The van der Waals surface area contributed by atoms with Gasteiger partial charge in [-0.3, -0.25) is 0 Å². The van der Waals surface area contributed by atoms with Crippen LogP contribution in [-0.2, 0) is 10.1 Å². The Labute approximate surface area is 179 Å². The first-order valence-electron chi connectivity index (χ1n) is 9.50. The van der Waals surface area contributed by atoms with E-state index in [1.807, 2.05) is 52.0 Å². The highest BCUT2D eigenvalue weighted by atomic mass is 32.2. The van der Waals surface area contributed by atoms with Gasteiger partial charge in [0.15, 0.2) is 0 Å². The van der Waals surface area contributed by atoms with Gasteiger partial charge in [0.1, 0.15) is 13.8 Å². The van der Waals surface area contributed by atoms with E-state index in [4.69, 9.17) is 0 Å². The fourth-order valence-corrected chi connectivity index (χ4v) is 13.6. The van der Waals surface area contributed by atoms with Gasteiger partial charge in [-0.05, 0) is 44.4 Å². The van der Waals surface area contributed by atoms with Gasteiger partial charge in [0, 0.05) is 4.70 Å². The zero-order chi connectivity index (χ0) is 22.3. The third-order valence-electron chi connectivity index (χ3n) is 5.47. The van der Waals surface area contributed by atoms with Crippen LogP contribution in [0.15, 0.2) is 54.6 Å². The van der Waals surface area contributed by atoms with Gasteiger partial charge >= 0.3 is 15.6 Å². The standard InChI is InChI=1S/C21H23F3O3S2Si/c1-14(2)30(15(3)4,20-13-16-9-5-7-11-18(16)28-20)19-12-8-6-10-17(19)27-29(25,26)21(22,23)24/h5-15H,1-4H3. The normalized spacial score (nSPS) is 13.4. The summed E-state index contributed by atoms with van der Waals surface area (Å²) < 4.78 is 69.5. The van der Waals surface area contributed by atoms with E-state index in [2.05, 4.69) is 10.2 Å². The van der Waals surface area contributed by atoms with Crippen LogP contribution in [0.5, 0.6) is 5.75 Å². The van der Waals surface area contributed by atoms with Crippen LogP contribution in [0.1, 0.15) is 27.7 Å². The maximum Gasteiger partial charge on any atom is 0.534 e.